The topological polar surface area (TPSA) is 150 Å². The first-order valence-electron chi connectivity index (χ1n) is 19.7. The fourth-order valence-corrected chi connectivity index (χ4v) is 6.82. The normalized spacial score (nSPS) is 14.3. The number of rotatable bonds is 19. The first-order valence-corrected chi connectivity index (χ1v) is 19.7. The predicted molar refractivity (Wildman–Crippen MR) is 221 cm³/mol. The summed E-state index contributed by atoms with van der Waals surface area (Å²) in [4.78, 5) is 58.3. The number of carbonyl (C=O) groups is 4. The van der Waals surface area contributed by atoms with E-state index in [-0.39, 0.29) is 43.7 Å². The van der Waals surface area contributed by atoms with Crippen LogP contribution in [0.5, 0.6) is 0 Å². The van der Waals surface area contributed by atoms with Gasteiger partial charge in [0.1, 0.15) is 6.04 Å². The summed E-state index contributed by atoms with van der Waals surface area (Å²) in [6.45, 7) is 17.7. The number of carbonyl (C=O) groups excluding carboxylic acids is 4. The first kappa shape index (κ1) is 45.8. The highest BCUT2D eigenvalue weighted by Crippen LogP contribution is 2.30. The maximum Gasteiger partial charge on any atom is 0.306 e. The highest BCUT2D eigenvalue weighted by atomic mass is 16.5. The third-order valence-corrected chi connectivity index (χ3v) is 10.0. The number of esters is 1. The van der Waals surface area contributed by atoms with E-state index >= 15 is 0 Å². The third kappa shape index (κ3) is 14.8. The van der Waals surface area contributed by atoms with Gasteiger partial charge in [0.15, 0.2) is 0 Å². The molecule has 4 N–H and O–H groups in total. The summed E-state index contributed by atoms with van der Waals surface area (Å²) < 4.78 is 4.92. The Labute approximate surface area is 334 Å². The minimum atomic E-state index is -1.18. The molecule has 3 rings (SSSR count). The number of amides is 3. The van der Waals surface area contributed by atoms with Crippen LogP contribution in [0.4, 0.5) is 0 Å². The van der Waals surface area contributed by atoms with Gasteiger partial charge in [0.05, 0.1) is 37.3 Å². The van der Waals surface area contributed by atoms with E-state index in [2.05, 4.69) is 28.0 Å². The largest absolute Gasteiger partial charge is 0.469 e. The molecule has 4 atom stereocenters. The highest BCUT2D eigenvalue weighted by Gasteiger charge is 2.38. The maximum absolute atomic E-state index is 14.2. The Kier molecular flexibility index (Phi) is 16.8. The van der Waals surface area contributed by atoms with Crippen LogP contribution in [-0.4, -0.2) is 70.6 Å². The van der Waals surface area contributed by atoms with Crippen molar-refractivity contribution in [2.75, 3.05) is 13.7 Å². The predicted octanol–water partition coefficient (Wildman–Crippen LogP) is 6.64. The number of nitrogens with one attached hydrogen (secondary N) is 3. The number of methoxy groups -OCH3 is 1. The summed E-state index contributed by atoms with van der Waals surface area (Å²) in [5.74, 6) is -2.26. The lowest BCUT2D eigenvalue weighted by Gasteiger charge is -2.36. The number of hydrogen-bond donors (Lipinski definition) is 4. The Bertz CT molecular complexity index is 1700. The van der Waals surface area contributed by atoms with Gasteiger partial charge >= 0.3 is 5.97 Å². The van der Waals surface area contributed by atoms with Crippen molar-refractivity contribution in [2.45, 2.75) is 119 Å². The molecule has 3 aromatic rings. The molecule has 0 aliphatic heterocycles. The molecule has 306 valence electrons. The fourth-order valence-electron chi connectivity index (χ4n) is 6.82. The van der Waals surface area contributed by atoms with Crippen molar-refractivity contribution in [3.05, 3.63) is 90.1 Å². The van der Waals surface area contributed by atoms with E-state index in [1.54, 1.807) is 11.2 Å². The number of aliphatic hydroxyl groups is 1. The van der Waals surface area contributed by atoms with Crippen LogP contribution in [0.25, 0.3) is 11.3 Å². The molecule has 0 aliphatic carbocycles. The summed E-state index contributed by atoms with van der Waals surface area (Å²) in [5.41, 5.74) is 5.04. The molecule has 0 aliphatic rings. The van der Waals surface area contributed by atoms with Crippen LogP contribution in [0.3, 0.4) is 0 Å². The van der Waals surface area contributed by atoms with Crippen LogP contribution >= 0.6 is 0 Å². The maximum atomic E-state index is 14.2. The van der Waals surface area contributed by atoms with Gasteiger partial charge in [0.2, 0.25) is 17.7 Å². The summed E-state index contributed by atoms with van der Waals surface area (Å²) in [6, 6.07) is 21.3. The Morgan fingerprint density at radius 2 is 1.45 bits per heavy atom. The van der Waals surface area contributed by atoms with E-state index in [0.717, 1.165) is 35.2 Å². The SMILES string of the molecule is CCCC(C)(C)CC(=O)NC(C(=O)NC(Cc1ccccc1)C(O)CN(Cc1ccc(-c2ccccn2)cc1)NC(=O)C(CC(=O)OC)C(C)(C)C)C(C)(C)C. The summed E-state index contributed by atoms with van der Waals surface area (Å²) >= 11 is 0. The second-order valence-electron chi connectivity index (χ2n) is 17.8. The number of nitrogens with zero attached hydrogens (tertiary/aromatic N) is 2. The Morgan fingerprint density at radius 3 is 2.00 bits per heavy atom. The van der Waals surface area contributed by atoms with Crippen LogP contribution in [0.15, 0.2) is 79.0 Å². The zero-order valence-electron chi connectivity index (χ0n) is 35.1. The van der Waals surface area contributed by atoms with Crippen molar-refractivity contribution in [2.24, 2.45) is 22.2 Å². The van der Waals surface area contributed by atoms with Crippen LogP contribution in [-0.2, 0) is 36.9 Å². The van der Waals surface area contributed by atoms with Crippen molar-refractivity contribution >= 4 is 23.7 Å². The lowest BCUT2D eigenvalue weighted by atomic mass is 9.78. The quantitative estimate of drug-likeness (QED) is 0.0783. The van der Waals surface area contributed by atoms with Crippen molar-refractivity contribution < 1.29 is 29.0 Å². The molecule has 0 radical (unpaired) electrons. The molecule has 2 aromatic carbocycles. The monoisotopic (exact) mass is 771 g/mol. The lowest BCUT2D eigenvalue weighted by Crippen LogP contribution is -2.59. The molecule has 0 bridgehead atoms. The number of ether oxygens (including phenoxy) is 1. The molecular weight excluding hydrogens is 707 g/mol. The number of benzene rings is 2. The summed E-state index contributed by atoms with van der Waals surface area (Å²) in [6.07, 6.45) is 2.81. The number of aromatic nitrogens is 1. The van der Waals surface area contributed by atoms with E-state index in [0.29, 0.717) is 0 Å². The number of hydrazine groups is 1. The summed E-state index contributed by atoms with van der Waals surface area (Å²) in [5, 5.41) is 19.8. The van der Waals surface area contributed by atoms with Crippen LogP contribution < -0.4 is 16.1 Å². The van der Waals surface area contributed by atoms with E-state index in [1.807, 2.05) is 128 Å². The van der Waals surface area contributed by atoms with Gasteiger partial charge < -0.3 is 20.5 Å². The van der Waals surface area contributed by atoms with Gasteiger partial charge in [-0.2, -0.15) is 0 Å². The van der Waals surface area contributed by atoms with Gasteiger partial charge in [-0.05, 0) is 52.3 Å². The standard InChI is InChI=1S/C45H65N5O6/c1-11-24-45(8,9)28-38(52)48-40(44(5,6)7)42(55)47-36(26-31-17-13-12-14-18-31)37(51)30-50(49-41(54)34(43(2,3)4)27-39(53)56-10)29-32-20-22-33(23-21-32)35-19-15-16-25-46-35/h12-23,25,34,36-37,40,51H,11,24,26-30H2,1-10H3,(H,47,55)(H,48,52)(H,49,54). The molecule has 0 spiro atoms. The third-order valence-electron chi connectivity index (χ3n) is 10.0. The molecule has 0 saturated carbocycles. The minimum Gasteiger partial charge on any atom is -0.469 e. The first-order chi connectivity index (χ1) is 26.2. The average Bonchev–Trinajstić information content (AvgIpc) is 3.12. The van der Waals surface area contributed by atoms with Gasteiger partial charge in [0, 0.05) is 31.3 Å². The minimum absolute atomic E-state index is 0.0711. The Hall–Kier alpha value is -4.61. The fraction of sp³-hybridized carbons (Fsp3) is 0.533. The van der Waals surface area contributed by atoms with Gasteiger partial charge in [0.25, 0.3) is 0 Å². The highest BCUT2D eigenvalue weighted by molar-refractivity contribution is 5.88. The molecule has 1 aromatic heterocycles. The average molecular weight is 772 g/mol. The van der Waals surface area contributed by atoms with Crippen LogP contribution in [0.1, 0.15) is 99.1 Å². The zero-order valence-corrected chi connectivity index (χ0v) is 35.1. The second kappa shape index (κ2) is 20.5. The molecule has 4 unspecified atom stereocenters. The van der Waals surface area contributed by atoms with E-state index < -0.39 is 52.7 Å². The number of aliphatic hydroxyl groups excluding tert-OH is 1. The number of pyridine rings is 1. The van der Waals surface area contributed by atoms with Crippen molar-refractivity contribution in [3.63, 3.8) is 0 Å². The molecule has 11 nitrogen and oxygen atoms in total. The van der Waals surface area contributed by atoms with Crippen LogP contribution in [0, 0.1) is 22.2 Å². The van der Waals surface area contributed by atoms with Gasteiger partial charge in [-0.3, -0.25) is 29.6 Å². The smallest absolute Gasteiger partial charge is 0.306 e. The molecule has 1 heterocycles. The van der Waals surface area contributed by atoms with E-state index in [1.165, 1.54) is 7.11 Å². The van der Waals surface area contributed by atoms with E-state index in [4.69, 9.17) is 4.74 Å². The Balaban J connectivity index is 1.96. The van der Waals surface area contributed by atoms with Gasteiger partial charge in [-0.1, -0.05) is 129 Å². The van der Waals surface area contributed by atoms with E-state index in [9.17, 15) is 24.3 Å². The Morgan fingerprint density at radius 1 is 0.804 bits per heavy atom. The molecular formula is C45H65N5O6. The lowest BCUT2D eigenvalue weighted by molar-refractivity contribution is -0.148. The zero-order chi connectivity index (χ0) is 41.7. The summed E-state index contributed by atoms with van der Waals surface area (Å²) in [7, 11) is 1.29. The van der Waals surface area contributed by atoms with Crippen molar-refractivity contribution in [1.82, 2.24) is 26.1 Å². The molecule has 0 saturated heterocycles. The van der Waals surface area contributed by atoms with Crippen molar-refractivity contribution in [3.8, 4) is 11.3 Å². The van der Waals surface area contributed by atoms with Gasteiger partial charge in [-0.15, -0.1) is 0 Å². The molecule has 56 heavy (non-hydrogen) atoms. The van der Waals surface area contributed by atoms with Crippen LogP contribution in [0.2, 0.25) is 0 Å². The second-order valence-corrected chi connectivity index (χ2v) is 17.8. The number of hydrogen-bond acceptors (Lipinski definition) is 8. The molecule has 3 amide bonds. The van der Waals surface area contributed by atoms with Gasteiger partial charge in [-0.25, -0.2) is 5.01 Å². The van der Waals surface area contributed by atoms with Crippen molar-refractivity contribution in [1.29, 1.82) is 0 Å². The molecule has 0 fully saturated rings. The molecule has 11 heteroatoms.